The van der Waals surface area contributed by atoms with Crippen LogP contribution in [0.5, 0.6) is 0 Å². The van der Waals surface area contributed by atoms with Crippen molar-refractivity contribution in [1.29, 1.82) is 0 Å². The van der Waals surface area contributed by atoms with E-state index in [1.54, 1.807) is 0 Å². The molecule has 0 saturated heterocycles. The van der Waals surface area contributed by atoms with Gasteiger partial charge in [0.05, 0.1) is 18.1 Å². The van der Waals surface area contributed by atoms with Gasteiger partial charge in [-0.2, -0.15) is 0 Å². The molecule has 1 heterocycles. The number of rotatable bonds is 6. The van der Waals surface area contributed by atoms with E-state index in [0.29, 0.717) is 18.6 Å². The van der Waals surface area contributed by atoms with Crippen molar-refractivity contribution < 1.29 is 0 Å². The summed E-state index contributed by atoms with van der Waals surface area (Å²) in [6.07, 6.45) is 12.1. The first kappa shape index (κ1) is 13.1. The quantitative estimate of drug-likeness (QED) is 0.856. The number of imidazole rings is 1. The fourth-order valence-corrected chi connectivity index (χ4v) is 3.63. The lowest BCUT2D eigenvalue weighted by Gasteiger charge is -2.35. The van der Waals surface area contributed by atoms with Crippen molar-refractivity contribution >= 4 is 0 Å². The summed E-state index contributed by atoms with van der Waals surface area (Å²) in [7, 11) is 0. The Kier molecular flexibility index (Phi) is 3.89. The SMILES string of the molecule is CCN(C1CCCC1)C(CN)c1cncn1C1CC1. The van der Waals surface area contributed by atoms with Crippen LogP contribution in [0.1, 0.15) is 63.2 Å². The Labute approximate surface area is 116 Å². The molecule has 1 atom stereocenters. The Morgan fingerprint density at radius 2 is 2.11 bits per heavy atom. The van der Waals surface area contributed by atoms with Crippen LogP contribution in [0.3, 0.4) is 0 Å². The van der Waals surface area contributed by atoms with Gasteiger partial charge in [-0.1, -0.05) is 19.8 Å². The van der Waals surface area contributed by atoms with Crippen LogP contribution in [-0.4, -0.2) is 33.6 Å². The highest BCUT2D eigenvalue weighted by atomic mass is 15.2. The van der Waals surface area contributed by atoms with E-state index < -0.39 is 0 Å². The smallest absolute Gasteiger partial charge is 0.0951 e. The molecule has 106 valence electrons. The lowest BCUT2D eigenvalue weighted by molar-refractivity contribution is 0.141. The highest BCUT2D eigenvalue weighted by Gasteiger charge is 2.32. The fourth-order valence-electron chi connectivity index (χ4n) is 3.63. The number of aromatic nitrogens is 2. The first-order valence-corrected chi connectivity index (χ1v) is 7.82. The summed E-state index contributed by atoms with van der Waals surface area (Å²) in [4.78, 5) is 6.99. The van der Waals surface area contributed by atoms with Crippen molar-refractivity contribution in [1.82, 2.24) is 14.5 Å². The van der Waals surface area contributed by atoms with Crippen LogP contribution in [0.4, 0.5) is 0 Å². The zero-order valence-electron chi connectivity index (χ0n) is 12.0. The summed E-state index contributed by atoms with van der Waals surface area (Å²) in [5.74, 6) is 0. The molecule has 19 heavy (non-hydrogen) atoms. The van der Waals surface area contributed by atoms with Crippen LogP contribution in [-0.2, 0) is 0 Å². The van der Waals surface area contributed by atoms with Crippen molar-refractivity contribution in [2.75, 3.05) is 13.1 Å². The van der Waals surface area contributed by atoms with Crippen LogP contribution >= 0.6 is 0 Å². The molecule has 0 aromatic carbocycles. The number of nitrogens with zero attached hydrogens (tertiary/aromatic N) is 3. The predicted molar refractivity (Wildman–Crippen MR) is 76.9 cm³/mol. The van der Waals surface area contributed by atoms with Gasteiger partial charge in [0.15, 0.2) is 0 Å². The van der Waals surface area contributed by atoms with Crippen LogP contribution in [0.25, 0.3) is 0 Å². The number of hydrogen-bond donors (Lipinski definition) is 1. The van der Waals surface area contributed by atoms with E-state index in [1.165, 1.54) is 44.2 Å². The number of hydrogen-bond acceptors (Lipinski definition) is 3. The van der Waals surface area contributed by atoms with Crippen LogP contribution in [0, 0.1) is 0 Å². The largest absolute Gasteiger partial charge is 0.330 e. The summed E-state index contributed by atoms with van der Waals surface area (Å²) in [5, 5.41) is 0. The maximum absolute atomic E-state index is 6.11. The Morgan fingerprint density at radius 3 is 2.68 bits per heavy atom. The first-order chi connectivity index (χ1) is 9.35. The zero-order valence-corrected chi connectivity index (χ0v) is 12.0. The number of likely N-dealkylation sites (N-methyl/N-ethyl adjacent to an activating group) is 1. The molecular weight excluding hydrogens is 236 g/mol. The summed E-state index contributed by atoms with van der Waals surface area (Å²) in [6, 6.07) is 1.76. The minimum Gasteiger partial charge on any atom is -0.330 e. The molecule has 1 unspecified atom stereocenters. The third-order valence-corrected chi connectivity index (χ3v) is 4.76. The zero-order chi connectivity index (χ0) is 13.2. The topological polar surface area (TPSA) is 47.1 Å². The van der Waals surface area contributed by atoms with Gasteiger partial charge in [-0.25, -0.2) is 4.98 Å². The standard InChI is InChI=1S/C15H26N4/c1-2-18(12-5-3-4-6-12)14(9-16)15-10-17-11-19(15)13-7-8-13/h10-14H,2-9,16H2,1H3. The molecule has 2 N–H and O–H groups in total. The molecule has 4 nitrogen and oxygen atoms in total. The average molecular weight is 262 g/mol. The molecule has 0 radical (unpaired) electrons. The van der Waals surface area contributed by atoms with E-state index in [9.17, 15) is 0 Å². The number of nitrogens with two attached hydrogens (primary N) is 1. The average Bonchev–Trinajstić information content (AvgIpc) is 2.94. The normalized spacial score (nSPS) is 22.3. The third kappa shape index (κ3) is 2.56. The minimum atomic E-state index is 0.344. The molecule has 2 saturated carbocycles. The molecule has 0 amide bonds. The lowest BCUT2D eigenvalue weighted by Crippen LogP contribution is -2.41. The maximum Gasteiger partial charge on any atom is 0.0951 e. The summed E-state index contributed by atoms with van der Waals surface area (Å²) >= 11 is 0. The molecule has 2 aliphatic carbocycles. The minimum absolute atomic E-state index is 0.344. The summed E-state index contributed by atoms with van der Waals surface area (Å²) in [6.45, 7) is 4.05. The van der Waals surface area contributed by atoms with Gasteiger partial charge in [0.2, 0.25) is 0 Å². The van der Waals surface area contributed by atoms with Gasteiger partial charge in [0.25, 0.3) is 0 Å². The van der Waals surface area contributed by atoms with E-state index in [1.807, 2.05) is 12.5 Å². The molecular formula is C15H26N4. The fraction of sp³-hybridized carbons (Fsp3) is 0.800. The predicted octanol–water partition coefficient (Wildman–Crippen LogP) is 2.48. The van der Waals surface area contributed by atoms with Gasteiger partial charge < -0.3 is 10.3 Å². The van der Waals surface area contributed by atoms with Crippen LogP contribution in [0.2, 0.25) is 0 Å². The molecule has 0 bridgehead atoms. The van der Waals surface area contributed by atoms with Gasteiger partial charge in [-0.05, 0) is 32.2 Å². The van der Waals surface area contributed by atoms with Gasteiger partial charge in [-0.15, -0.1) is 0 Å². The maximum atomic E-state index is 6.11. The molecule has 3 rings (SSSR count). The van der Waals surface area contributed by atoms with Crippen molar-refractivity contribution in [2.45, 2.75) is 63.6 Å². The second-order valence-corrected chi connectivity index (χ2v) is 5.98. The van der Waals surface area contributed by atoms with Gasteiger partial charge in [0, 0.05) is 24.8 Å². The Hall–Kier alpha value is -0.870. The Balaban J connectivity index is 1.82. The second-order valence-electron chi connectivity index (χ2n) is 5.98. The van der Waals surface area contributed by atoms with Crippen molar-refractivity contribution in [2.24, 2.45) is 5.73 Å². The molecule has 2 fully saturated rings. The Morgan fingerprint density at radius 1 is 1.37 bits per heavy atom. The highest BCUT2D eigenvalue weighted by Crippen LogP contribution is 2.38. The van der Waals surface area contributed by atoms with Crippen LogP contribution < -0.4 is 5.73 Å². The van der Waals surface area contributed by atoms with Crippen LogP contribution in [0.15, 0.2) is 12.5 Å². The van der Waals surface area contributed by atoms with E-state index in [2.05, 4.69) is 21.4 Å². The van der Waals surface area contributed by atoms with E-state index in [0.717, 1.165) is 12.6 Å². The Bertz CT molecular complexity index is 404. The molecule has 0 spiro atoms. The van der Waals surface area contributed by atoms with Crippen molar-refractivity contribution in [3.63, 3.8) is 0 Å². The lowest BCUT2D eigenvalue weighted by atomic mass is 10.1. The molecule has 1 aromatic rings. The van der Waals surface area contributed by atoms with Gasteiger partial charge >= 0.3 is 0 Å². The molecule has 2 aliphatic rings. The van der Waals surface area contributed by atoms with E-state index >= 15 is 0 Å². The van der Waals surface area contributed by atoms with Gasteiger partial charge in [0.1, 0.15) is 0 Å². The first-order valence-electron chi connectivity index (χ1n) is 7.82. The third-order valence-electron chi connectivity index (χ3n) is 4.76. The van der Waals surface area contributed by atoms with Gasteiger partial charge in [-0.3, -0.25) is 4.90 Å². The molecule has 0 aliphatic heterocycles. The van der Waals surface area contributed by atoms with Crippen molar-refractivity contribution in [3.8, 4) is 0 Å². The highest BCUT2D eigenvalue weighted by molar-refractivity contribution is 5.10. The van der Waals surface area contributed by atoms with Crippen molar-refractivity contribution in [3.05, 3.63) is 18.2 Å². The monoisotopic (exact) mass is 262 g/mol. The molecule has 4 heteroatoms. The summed E-state index contributed by atoms with van der Waals surface area (Å²) < 4.78 is 2.37. The summed E-state index contributed by atoms with van der Waals surface area (Å²) in [5.41, 5.74) is 7.45. The molecule has 1 aromatic heterocycles. The second kappa shape index (κ2) is 5.63. The van der Waals surface area contributed by atoms with E-state index in [-0.39, 0.29) is 0 Å². The van der Waals surface area contributed by atoms with E-state index in [4.69, 9.17) is 5.73 Å².